The summed E-state index contributed by atoms with van der Waals surface area (Å²) < 4.78 is 29.0. The molecule has 3 rings (SSSR count). The van der Waals surface area contributed by atoms with Crippen LogP contribution in [-0.4, -0.2) is 73.1 Å². The SMILES string of the molecule is CC(C(=O)Nc1ccc(C#N)cc1)N1CCN(S(=O)(=O)N2CCCCCC2)CC1. The van der Waals surface area contributed by atoms with E-state index in [1.807, 2.05) is 17.9 Å². The fourth-order valence-electron chi connectivity index (χ4n) is 3.80. The van der Waals surface area contributed by atoms with E-state index in [2.05, 4.69) is 5.32 Å². The standard InChI is InChI=1S/C20H29N5O3S/c1-17(20(26)22-19-8-6-18(16-21)7-9-19)23-12-14-25(15-13-23)29(27,28)24-10-4-2-3-5-11-24/h6-9,17H,2-5,10-15H2,1H3,(H,22,26). The van der Waals surface area contributed by atoms with E-state index < -0.39 is 10.2 Å². The number of piperazine rings is 1. The van der Waals surface area contributed by atoms with Crippen LogP contribution in [0.25, 0.3) is 0 Å². The van der Waals surface area contributed by atoms with Gasteiger partial charge in [-0.15, -0.1) is 0 Å². The third kappa shape index (κ3) is 5.34. The lowest BCUT2D eigenvalue weighted by Gasteiger charge is -2.38. The number of amides is 1. The number of nitriles is 1. The smallest absolute Gasteiger partial charge is 0.282 e. The molecule has 8 nitrogen and oxygen atoms in total. The fourth-order valence-corrected chi connectivity index (χ4v) is 5.47. The van der Waals surface area contributed by atoms with Gasteiger partial charge in [0.1, 0.15) is 0 Å². The summed E-state index contributed by atoms with van der Waals surface area (Å²) in [4.78, 5) is 14.6. The Kier molecular flexibility index (Phi) is 7.24. The summed E-state index contributed by atoms with van der Waals surface area (Å²) in [5.74, 6) is -0.140. The first-order valence-corrected chi connectivity index (χ1v) is 11.6. The van der Waals surface area contributed by atoms with Crippen molar-refractivity contribution in [3.8, 4) is 6.07 Å². The van der Waals surface area contributed by atoms with E-state index in [1.54, 1.807) is 32.9 Å². The number of rotatable bonds is 5. The van der Waals surface area contributed by atoms with Crippen molar-refractivity contribution >= 4 is 21.8 Å². The van der Waals surface area contributed by atoms with E-state index in [0.29, 0.717) is 50.5 Å². The first-order chi connectivity index (χ1) is 13.9. The molecule has 0 saturated carbocycles. The normalized spacial score (nSPS) is 21.1. The van der Waals surface area contributed by atoms with Gasteiger partial charge in [-0.3, -0.25) is 9.69 Å². The van der Waals surface area contributed by atoms with Crippen LogP contribution in [0.5, 0.6) is 0 Å². The average Bonchev–Trinajstić information content (AvgIpc) is 3.04. The van der Waals surface area contributed by atoms with Crippen LogP contribution in [-0.2, 0) is 15.0 Å². The Morgan fingerprint density at radius 2 is 1.52 bits per heavy atom. The zero-order chi connectivity index (χ0) is 20.9. The van der Waals surface area contributed by atoms with Crippen molar-refractivity contribution in [2.24, 2.45) is 0 Å². The molecule has 0 bridgehead atoms. The second kappa shape index (κ2) is 9.67. The lowest BCUT2D eigenvalue weighted by Crippen LogP contribution is -2.56. The molecule has 0 radical (unpaired) electrons. The highest BCUT2D eigenvalue weighted by molar-refractivity contribution is 7.86. The van der Waals surface area contributed by atoms with Crippen molar-refractivity contribution in [2.75, 3.05) is 44.6 Å². The maximum Gasteiger partial charge on any atom is 0.282 e. The van der Waals surface area contributed by atoms with E-state index in [4.69, 9.17) is 5.26 Å². The molecule has 1 atom stereocenters. The molecule has 2 fully saturated rings. The molecule has 1 amide bonds. The molecule has 2 saturated heterocycles. The zero-order valence-corrected chi connectivity index (χ0v) is 17.7. The number of carbonyl (C=O) groups is 1. The van der Waals surface area contributed by atoms with Gasteiger partial charge in [0.2, 0.25) is 5.91 Å². The van der Waals surface area contributed by atoms with Crippen LogP contribution in [0.4, 0.5) is 5.69 Å². The molecule has 0 spiro atoms. The lowest BCUT2D eigenvalue weighted by molar-refractivity contribution is -0.121. The van der Waals surface area contributed by atoms with E-state index in [1.165, 1.54) is 0 Å². The molecule has 29 heavy (non-hydrogen) atoms. The Balaban J connectivity index is 1.53. The van der Waals surface area contributed by atoms with Gasteiger partial charge in [0.15, 0.2) is 0 Å². The third-order valence-corrected chi connectivity index (χ3v) is 7.73. The highest BCUT2D eigenvalue weighted by Crippen LogP contribution is 2.19. The molecule has 1 aromatic carbocycles. The Morgan fingerprint density at radius 1 is 0.966 bits per heavy atom. The monoisotopic (exact) mass is 419 g/mol. The predicted octanol–water partition coefficient (Wildman–Crippen LogP) is 1.62. The van der Waals surface area contributed by atoms with Crippen LogP contribution < -0.4 is 5.32 Å². The Morgan fingerprint density at radius 3 is 2.07 bits per heavy atom. The topological polar surface area (TPSA) is 96.7 Å². The quantitative estimate of drug-likeness (QED) is 0.782. The Labute approximate surface area is 173 Å². The van der Waals surface area contributed by atoms with E-state index in [0.717, 1.165) is 25.7 Å². The summed E-state index contributed by atoms with van der Waals surface area (Å²) in [6.45, 7) is 4.88. The van der Waals surface area contributed by atoms with Gasteiger partial charge in [-0.25, -0.2) is 0 Å². The fraction of sp³-hybridized carbons (Fsp3) is 0.600. The number of hydrogen-bond donors (Lipinski definition) is 1. The summed E-state index contributed by atoms with van der Waals surface area (Å²) >= 11 is 0. The number of nitrogens with one attached hydrogen (secondary N) is 1. The van der Waals surface area contributed by atoms with E-state index in [9.17, 15) is 13.2 Å². The maximum absolute atomic E-state index is 12.9. The van der Waals surface area contributed by atoms with Gasteiger partial charge in [-0.05, 0) is 44.0 Å². The molecule has 2 aliphatic rings. The number of carbonyl (C=O) groups excluding carboxylic acids is 1. The summed E-state index contributed by atoms with van der Waals surface area (Å²) in [5.41, 5.74) is 1.18. The van der Waals surface area contributed by atoms with Crippen molar-refractivity contribution in [3.05, 3.63) is 29.8 Å². The molecule has 2 aliphatic heterocycles. The van der Waals surface area contributed by atoms with Gasteiger partial charge < -0.3 is 5.32 Å². The van der Waals surface area contributed by atoms with Gasteiger partial charge >= 0.3 is 0 Å². The number of anilines is 1. The van der Waals surface area contributed by atoms with Crippen LogP contribution in [0.3, 0.4) is 0 Å². The van der Waals surface area contributed by atoms with Crippen molar-refractivity contribution in [3.63, 3.8) is 0 Å². The number of hydrogen-bond acceptors (Lipinski definition) is 5. The minimum Gasteiger partial charge on any atom is -0.325 e. The molecular formula is C20H29N5O3S. The van der Waals surface area contributed by atoms with E-state index >= 15 is 0 Å². The summed E-state index contributed by atoms with van der Waals surface area (Å²) in [6.07, 6.45) is 4.02. The molecule has 1 unspecified atom stereocenters. The summed E-state index contributed by atoms with van der Waals surface area (Å²) in [6, 6.07) is 8.41. The third-order valence-electron chi connectivity index (χ3n) is 5.70. The minimum atomic E-state index is -3.42. The molecule has 0 aliphatic carbocycles. The van der Waals surface area contributed by atoms with Crippen LogP contribution in [0.1, 0.15) is 38.2 Å². The van der Waals surface area contributed by atoms with Crippen LogP contribution >= 0.6 is 0 Å². The molecule has 2 heterocycles. The van der Waals surface area contributed by atoms with Crippen molar-refractivity contribution in [2.45, 2.75) is 38.6 Å². The lowest BCUT2D eigenvalue weighted by atomic mass is 10.2. The first kappa shape index (κ1) is 21.7. The molecule has 1 aromatic rings. The Bertz CT molecular complexity index is 834. The minimum absolute atomic E-state index is 0.140. The largest absolute Gasteiger partial charge is 0.325 e. The van der Waals surface area contributed by atoms with Gasteiger partial charge in [0.25, 0.3) is 10.2 Å². The van der Waals surface area contributed by atoms with Crippen molar-refractivity contribution in [1.29, 1.82) is 5.26 Å². The predicted molar refractivity (Wildman–Crippen MR) is 111 cm³/mol. The van der Waals surface area contributed by atoms with Crippen LogP contribution in [0, 0.1) is 11.3 Å². The molecule has 158 valence electrons. The average molecular weight is 420 g/mol. The zero-order valence-electron chi connectivity index (χ0n) is 16.9. The number of nitrogens with zero attached hydrogens (tertiary/aromatic N) is 4. The van der Waals surface area contributed by atoms with Crippen molar-refractivity contribution < 1.29 is 13.2 Å². The molecular weight excluding hydrogens is 390 g/mol. The van der Waals surface area contributed by atoms with Gasteiger partial charge in [0.05, 0.1) is 17.7 Å². The van der Waals surface area contributed by atoms with Crippen LogP contribution in [0.2, 0.25) is 0 Å². The molecule has 0 aromatic heterocycles. The van der Waals surface area contributed by atoms with Gasteiger partial charge in [-0.2, -0.15) is 22.3 Å². The van der Waals surface area contributed by atoms with E-state index in [-0.39, 0.29) is 11.9 Å². The maximum atomic E-state index is 12.9. The van der Waals surface area contributed by atoms with Gasteiger partial charge in [-0.1, -0.05) is 12.8 Å². The first-order valence-electron chi connectivity index (χ1n) is 10.2. The highest BCUT2D eigenvalue weighted by atomic mass is 32.2. The van der Waals surface area contributed by atoms with Gasteiger partial charge in [0, 0.05) is 45.0 Å². The Hall–Kier alpha value is -1.99. The highest BCUT2D eigenvalue weighted by Gasteiger charge is 2.34. The second-order valence-electron chi connectivity index (χ2n) is 7.61. The molecule has 1 N–H and O–H groups in total. The molecule has 9 heteroatoms. The summed E-state index contributed by atoms with van der Waals surface area (Å²) in [5, 5.41) is 11.7. The second-order valence-corrected chi connectivity index (χ2v) is 9.54. The van der Waals surface area contributed by atoms with Crippen molar-refractivity contribution in [1.82, 2.24) is 13.5 Å². The van der Waals surface area contributed by atoms with Crippen LogP contribution in [0.15, 0.2) is 24.3 Å². The summed E-state index contributed by atoms with van der Waals surface area (Å²) in [7, 11) is -3.42. The number of benzene rings is 1.